The summed E-state index contributed by atoms with van der Waals surface area (Å²) in [6.45, 7) is 0.767. The van der Waals surface area contributed by atoms with E-state index >= 15 is 0 Å². The number of nitrogens with zero attached hydrogens (tertiary/aromatic N) is 3. The van der Waals surface area contributed by atoms with Crippen LogP contribution < -0.4 is 15.1 Å². The number of amides is 4. The minimum atomic E-state index is -1.76. The van der Waals surface area contributed by atoms with Gasteiger partial charge in [-0.2, -0.15) is 0 Å². The van der Waals surface area contributed by atoms with E-state index in [4.69, 9.17) is 4.74 Å². The number of nitro benzene ring substituents is 1. The van der Waals surface area contributed by atoms with Crippen LogP contribution in [-0.4, -0.2) is 48.6 Å². The molecule has 10 nitrogen and oxygen atoms in total. The number of rotatable bonds is 2. The van der Waals surface area contributed by atoms with Crippen LogP contribution in [0.25, 0.3) is 0 Å². The summed E-state index contributed by atoms with van der Waals surface area (Å²) >= 11 is 0. The molecular weight excluding hydrogens is 423 g/mol. The van der Waals surface area contributed by atoms with Gasteiger partial charge in [0, 0.05) is 30.8 Å². The molecule has 3 aliphatic heterocycles. The van der Waals surface area contributed by atoms with Gasteiger partial charge >= 0.3 is 6.03 Å². The number of nitro groups is 1. The van der Waals surface area contributed by atoms with Crippen LogP contribution >= 0.6 is 0 Å². The molecule has 0 unspecified atom stereocenters. The first-order valence-corrected chi connectivity index (χ1v) is 9.90. The quantitative estimate of drug-likeness (QED) is 0.429. The number of halogens is 1. The van der Waals surface area contributed by atoms with E-state index in [1.165, 1.54) is 24.3 Å². The summed E-state index contributed by atoms with van der Waals surface area (Å²) in [5.74, 6) is -2.12. The molecule has 2 atom stereocenters. The number of barbiturate groups is 1. The number of carbonyl (C=O) groups excluding carboxylic acids is 3. The zero-order chi connectivity index (χ0) is 22.6. The molecule has 4 amide bonds. The lowest BCUT2D eigenvalue weighted by atomic mass is 9.68. The number of ether oxygens (including phenoxy) is 1. The monoisotopic (exact) mass is 440 g/mol. The van der Waals surface area contributed by atoms with E-state index in [9.17, 15) is 28.9 Å². The lowest BCUT2D eigenvalue weighted by Crippen LogP contribution is -2.74. The average Bonchev–Trinajstić information content (AvgIpc) is 2.78. The van der Waals surface area contributed by atoms with Crippen LogP contribution in [-0.2, 0) is 20.7 Å². The minimum absolute atomic E-state index is 0.0566. The van der Waals surface area contributed by atoms with Crippen molar-refractivity contribution in [2.45, 2.75) is 12.5 Å². The number of imide groups is 2. The molecule has 0 aliphatic carbocycles. The molecule has 164 valence electrons. The Kier molecular flexibility index (Phi) is 4.45. The number of urea groups is 1. The molecule has 11 heteroatoms. The molecule has 32 heavy (non-hydrogen) atoms. The van der Waals surface area contributed by atoms with E-state index in [1.54, 1.807) is 6.07 Å². The van der Waals surface area contributed by atoms with Crippen molar-refractivity contribution in [2.24, 2.45) is 5.41 Å². The predicted octanol–water partition coefficient (Wildman–Crippen LogP) is 1.76. The van der Waals surface area contributed by atoms with Gasteiger partial charge in [-0.3, -0.25) is 25.0 Å². The van der Waals surface area contributed by atoms with E-state index in [0.29, 0.717) is 24.4 Å². The van der Waals surface area contributed by atoms with E-state index in [0.717, 1.165) is 17.0 Å². The summed E-state index contributed by atoms with van der Waals surface area (Å²) in [4.78, 5) is 53.1. The Morgan fingerprint density at radius 3 is 2.62 bits per heavy atom. The fourth-order valence-corrected chi connectivity index (χ4v) is 4.75. The van der Waals surface area contributed by atoms with Crippen molar-refractivity contribution in [2.75, 3.05) is 29.6 Å². The Morgan fingerprint density at radius 1 is 1.16 bits per heavy atom. The van der Waals surface area contributed by atoms with Crippen LogP contribution in [0.1, 0.15) is 5.56 Å². The fourth-order valence-electron chi connectivity index (χ4n) is 4.75. The van der Waals surface area contributed by atoms with Crippen LogP contribution in [0, 0.1) is 21.3 Å². The topological polar surface area (TPSA) is 122 Å². The molecule has 2 saturated heterocycles. The summed E-state index contributed by atoms with van der Waals surface area (Å²) in [6.07, 6.45) is -0.149. The number of benzene rings is 2. The third-order valence-electron chi connectivity index (χ3n) is 6.25. The highest BCUT2D eigenvalue weighted by Gasteiger charge is 2.63. The van der Waals surface area contributed by atoms with Crippen molar-refractivity contribution in [1.82, 2.24) is 5.32 Å². The smallest absolute Gasteiger partial charge is 0.335 e. The maximum absolute atomic E-state index is 13.8. The van der Waals surface area contributed by atoms with Crippen LogP contribution in [0.4, 0.5) is 26.2 Å². The number of fused-ring (bicyclic) bond motifs is 4. The minimum Gasteiger partial charge on any atom is -0.377 e. The molecule has 2 fully saturated rings. The number of hydrogen-bond donors (Lipinski definition) is 1. The van der Waals surface area contributed by atoms with Crippen LogP contribution in [0.15, 0.2) is 42.5 Å². The highest BCUT2D eigenvalue weighted by molar-refractivity contribution is 6.30. The second kappa shape index (κ2) is 7.09. The molecule has 0 saturated carbocycles. The second-order valence-corrected chi connectivity index (χ2v) is 7.88. The Hall–Kier alpha value is -3.86. The van der Waals surface area contributed by atoms with Gasteiger partial charge in [0.05, 0.1) is 29.9 Å². The molecular formula is C21H17FN4O6. The number of morpholine rings is 1. The van der Waals surface area contributed by atoms with Gasteiger partial charge in [0.2, 0.25) is 5.91 Å². The molecule has 0 bridgehead atoms. The molecule has 1 N–H and O–H groups in total. The third kappa shape index (κ3) is 2.78. The van der Waals surface area contributed by atoms with E-state index in [2.05, 4.69) is 5.32 Å². The summed E-state index contributed by atoms with van der Waals surface area (Å²) < 4.78 is 19.0. The maximum atomic E-state index is 13.8. The lowest BCUT2D eigenvalue weighted by Gasteiger charge is -2.53. The van der Waals surface area contributed by atoms with Gasteiger partial charge in [-0.1, -0.05) is 0 Å². The standard InChI is InChI=1S/C21H17FN4O6/c22-13-1-3-14(4-2-13)25-19(28)21(18(27)23-20(25)29)10-12-9-15(26(30)31)5-6-16(12)24-7-8-32-11-17(21)24/h1-6,9,17H,7-8,10-11H2,(H,23,27,29)/t17-,21-/m1/s1. The average molecular weight is 440 g/mol. The maximum Gasteiger partial charge on any atom is 0.335 e. The molecule has 0 aromatic heterocycles. The predicted molar refractivity (Wildman–Crippen MR) is 109 cm³/mol. The first-order valence-electron chi connectivity index (χ1n) is 9.90. The molecule has 3 aliphatic rings. The Labute approximate surface area is 180 Å². The van der Waals surface area contributed by atoms with Gasteiger partial charge in [0.1, 0.15) is 5.82 Å². The van der Waals surface area contributed by atoms with Crippen LogP contribution in [0.2, 0.25) is 0 Å². The van der Waals surface area contributed by atoms with E-state index in [-0.39, 0.29) is 24.4 Å². The van der Waals surface area contributed by atoms with Gasteiger partial charge in [-0.15, -0.1) is 0 Å². The third-order valence-corrected chi connectivity index (χ3v) is 6.25. The lowest BCUT2D eigenvalue weighted by molar-refractivity contribution is -0.384. The molecule has 2 aromatic carbocycles. The Balaban J connectivity index is 1.66. The zero-order valence-electron chi connectivity index (χ0n) is 16.6. The number of anilines is 2. The van der Waals surface area contributed by atoms with E-state index in [1.807, 2.05) is 4.90 Å². The summed E-state index contributed by atoms with van der Waals surface area (Å²) in [5, 5.41) is 13.6. The van der Waals surface area contributed by atoms with Gasteiger partial charge in [0.15, 0.2) is 5.41 Å². The summed E-state index contributed by atoms with van der Waals surface area (Å²) in [6, 6.07) is 7.41. The fraction of sp³-hybridized carbons (Fsp3) is 0.286. The number of hydrogen-bond acceptors (Lipinski definition) is 7. The van der Waals surface area contributed by atoms with E-state index < -0.39 is 40.0 Å². The SMILES string of the molecule is O=C1NC(=O)[C@]2(Cc3cc([N+](=O)[O-])ccc3N3CCOC[C@@H]32)C(=O)N1c1ccc(F)cc1. The Bertz CT molecular complexity index is 1170. The van der Waals surface area contributed by atoms with Gasteiger partial charge in [0.25, 0.3) is 11.6 Å². The second-order valence-electron chi connectivity index (χ2n) is 7.88. The number of carbonyl (C=O) groups is 3. The van der Waals surface area contributed by atoms with Gasteiger partial charge in [-0.25, -0.2) is 14.1 Å². The van der Waals surface area contributed by atoms with Crippen molar-refractivity contribution in [3.05, 3.63) is 64.0 Å². The molecule has 3 heterocycles. The van der Waals surface area contributed by atoms with Gasteiger partial charge in [-0.05, 0) is 35.9 Å². The van der Waals surface area contributed by atoms with Crippen LogP contribution in [0.5, 0.6) is 0 Å². The number of nitrogens with one attached hydrogen (secondary N) is 1. The van der Waals surface area contributed by atoms with Crippen molar-refractivity contribution >= 4 is 34.9 Å². The van der Waals surface area contributed by atoms with Crippen molar-refractivity contribution in [3.8, 4) is 0 Å². The van der Waals surface area contributed by atoms with Crippen LogP contribution in [0.3, 0.4) is 0 Å². The first-order chi connectivity index (χ1) is 15.3. The molecule has 5 rings (SSSR count). The zero-order valence-corrected chi connectivity index (χ0v) is 16.6. The molecule has 1 spiro atoms. The van der Waals surface area contributed by atoms with Gasteiger partial charge < -0.3 is 9.64 Å². The highest BCUT2D eigenvalue weighted by atomic mass is 19.1. The molecule has 0 radical (unpaired) electrons. The highest BCUT2D eigenvalue weighted by Crippen LogP contribution is 2.46. The normalized spacial score (nSPS) is 24.8. The van der Waals surface area contributed by atoms with Crippen molar-refractivity contribution in [1.29, 1.82) is 0 Å². The summed E-state index contributed by atoms with van der Waals surface area (Å²) in [5.41, 5.74) is -0.686. The Morgan fingerprint density at radius 2 is 1.91 bits per heavy atom. The largest absolute Gasteiger partial charge is 0.377 e. The first kappa shape index (κ1) is 20.1. The van der Waals surface area contributed by atoms with Crippen molar-refractivity contribution < 1.29 is 28.4 Å². The number of non-ortho nitro benzene ring substituents is 1. The molecule has 2 aromatic rings. The van der Waals surface area contributed by atoms with Crippen molar-refractivity contribution in [3.63, 3.8) is 0 Å². The summed E-state index contributed by atoms with van der Waals surface area (Å²) in [7, 11) is 0.